The smallest absolute Gasteiger partial charge is 0.445 e. The van der Waals surface area contributed by atoms with Crippen molar-refractivity contribution in [3.8, 4) is 0 Å². The average Bonchev–Trinajstić information content (AvgIpc) is 2.42. The summed E-state index contributed by atoms with van der Waals surface area (Å²) in [6.45, 7) is 0.511. The van der Waals surface area contributed by atoms with Gasteiger partial charge < -0.3 is 19.9 Å². The third kappa shape index (κ3) is 3.61. The van der Waals surface area contributed by atoms with Crippen LogP contribution in [0.5, 0.6) is 0 Å². The van der Waals surface area contributed by atoms with E-state index in [0.717, 1.165) is 5.56 Å². The number of hydrogen-bond acceptors (Lipinski definition) is 6. The second-order valence-electron chi connectivity index (χ2n) is 4.29. The Balaban J connectivity index is 1.81. The van der Waals surface area contributed by atoms with Gasteiger partial charge in [-0.25, -0.2) is 14.9 Å². The normalized spacial score (nSPS) is 15.6. The molecule has 0 unspecified atom stereocenters. The minimum Gasteiger partial charge on any atom is -0.445 e. The summed E-state index contributed by atoms with van der Waals surface area (Å²) in [5, 5.41) is 2.38. The topological polar surface area (TPSA) is 99.9 Å². The van der Waals surface area contributed by atoms with Gasteiger partial charge in [-0.2, -0.15) is 0 Å². The van der Waals surface area contributed by atoms with Crippen LogP contribution in [0.15, 0.2) is 30.3 Å². The van der Waals surface area contributed by atoms with Crippen LogP contribution in [0.25, 0.3) is 0 Å². The molecule has 0 aliphatic carbocycles. The molecule has 7 nitrogen and oxygen atoms in total. The Labute approximate surface area is 116 Å². The van der Waals surface area contributed by atoms with Crippen molar-refractivity contribution in [2.45, 2.75) is 25.4 Å². The highest BCUT2D eigenvalue weighted by Crippen LogP contribution is 2.27. The van der Waals surface area contributed by atoms with E-state index in [1.165, 1.54) is 0 Å². The summed E-state index contributed by atoms with van der Waals surface area (Å²) >= 11 is 0. The molecule has 3 N–H and O–H groups in total. The number of nitrogens with two attached hydrogens (primary N) is 1. The van der Waals surface area contributed by atoms with Gasteiger partial charge in [-0.05, 0) is 18.5 Å². The van der Waals surface area contributed by atoms with Gasteiger partial charge in [0.1, 0.15) is 6.61 Å². The molecule has 7 heteroatoms. The molecular weight excluding hydrogens is 264 g/mol. The molecule has 108 valence electrons. The largest absolute Gasteiger partial charge is 0.517 e. The van der Waals surface area contributed by atoms with Crippen LogP contribution in [0.4, 0.5) is 9.59 Å². The Bertz CT molecular complexity index is 469. The first-order valence-electron chi connectivity index (χ1n) is 6.24. The van der Waals surface area contributed by atoms with Crippen LogP contribution >= 0.6 is 0 Å². The third-order valence-corrected chi connectivity index (χ3v) is 2.71. The number of benzene rings is 1. The molecular formula is C13H16N2O5. The Morgan fingerprint density at radius 2 is 2.00 bits per heavy atom. The lowest BCUT2D eigenvalue weighted by molar-refractivity contribution is -0.286. The molecule has 0 atom stereocenters. The van der Waals surface area contributed by atoms with Gasteiger partial charge in [-0.3, -0.25) is 0 Å². The van der Waals surface area contributed by atoms with E-state index in [0.29, 0.717) is 13.0 Å². The van der Waals surface area contributed by atoms with Crippen LogP contribution in [0.1, 0.15) is 18.4 Å². The Morgan fingerprint density at radius 3 is 2.60 bits per heavy atom. The number of ether oxygens (including phenoxy) is 3. The fourth-order valence-corrected chi connectivity index (χ4v) is 1.74. The van der Waals surface area contributed by atoms with Crippen LogP contribution in [0.3, 0.4) is 0 Å². The van der Waals surface area contributed by atoms with Gasteiger partial charge in [0.25, 0.3) is 0 Å². The van der Waals surface area contributed by atoms with E-state index in [2.05, 4.69) is 5.32 Å². The summed E-state index contributed by atoms with van der Waals surface area (Å²) in [5.74, 6) is -1.44. The lowest BCUT2D eigenvalue weighted by Gasteiger charge is -2.38. The Morgan fingerprint density at radius 1 is 1.30 bits per heavy atom. The van der Waals surface area contributed by atoms with E-state index in [4.69, 9.17) is 19.9 Å². The zero-order valence-electron chi connectivity index (χ0n) is 10.8. The number of amides is 1. The molecule has 1 aliphatic rings. The minimum atomic E-state index is -1.44. The van der Waals surface area contributed by atoms with E-state index in [-0.39, 0.29) is 13.0 Å². The van der Waals surface area contributed by atoms with Crippen LogP contribution in [-0.2, 0) is 20.8 Å². The van der Waals surface area contributed by atoms with Crippen molar-refractivity contribution in [2.75, 3.05) is 6.54 Å². The van der Waals surface area contributed by atoms with Crippen molar-refractivity contribution in [3.05, 3.63) is 35.9 Å². The number of carbonyl (C=O) groups excluding carboxylic acids is 2. The lowest BCUT2D eigenvalue weighted by atomic mass is 10.2. The molecule has 1 aliphatic heterocycles. The number of cyclic esters (lactones) is 2. The molecule has 1 aromatic rings. The molecule has 0 spiro atoms. The quantitative estimate of drug-likeness (QED) is 0.765. The van der Waals surface area contributed by atoms with Crippen molar-refractivity contribution in [3.63, 3.8) is 0 Å². The SMILES string of the molecule is NCCCC1(NC(=O)OCc2ccccc2)OC(=O)O1. The zero-order valence-corrected chi connectivity index (χ0v) is 10.8. The first kappa shape index (κ1) is 14.1. The molecule has 1 heterocycles. The summed E-state index contributed by atoms with van der Waals surface area (Å²) in [7, 11) is 0. The van der Waals surface area contributed by atoms with Crippen molar-refractivity contribution in [1.29, 1.82) is 0 Å². The van der Waals surface area contributed by atoms with Gasteiger partial charge >= 0.3 is 18.2 Å². The number of carbonyl (C=O) groups is 2. The highest BCUT2D eigenvalue weighted by molar-refractivity contribution is 5.72. The maximum absolute atomic E-state index is 11.7. The molecule has 0 aromatic heterocycles. The highest BCUT2D eigenvalue weighted by atomic mass is 16.9. The van der Waals surface area contributed by atoms with Gasteiger partial charge in [0.2, 0.25) is 0 Å². The number of rotatable bonds is 6. The van der Waals surface area contributed by atoms with Crippen LogP contribution in [0, 0.1) is 0 Å². The fourth-order valence-electron chi connectivity index (χ4n) is 1.74. The first-order chi connectivity index (χ1) is 9.63. The Kier molecular flexibility index (Phi) is 4.41. The maximum atomic E-state index is 11.7. The standard InChI is InChI=1S/C13H16N2O5/c14-8-4-7-13(19-12(17)20-13)15-11(16)18-9-10-5-2-1-3-6-10/h1-3,5-6H,4,7-9,14H2,(H,15,16). The molecule has 0 bridgehead atoms. The summed E-state index contributed by atoms with van der Waals surface area (Å²) in [5.41, 5.74) is 6.23. The summed E-state index contributed by atoms with van der Waals surface area (Å²) < 4.78 is 14.7. The van der Waals surface area contributed by atoms with Crippen molar-refractivity contribution < 1.29 is 23.8 Å². The van der Waals surface area contributed by atoms with Gasteiger partial charge in [-0.1, -0.05) is 30.3 Å². The maximum Gasteiger partial charge on any atom is 0.517 e. The van der Waals surface area contributed by atoms with Crippen LogP contribution < -0.4 is 11.1 Å². The summed E-state index contributed by atoms with van der Waals surface area (Å²) in [6, 6.07) is 9.22. The molecule has 0 saturated carbocycles. The monoisotopic (exact) mass is 280 g/mol. The van der Waals surface area contributed by atoms with Gasteiger partial charge in [0.05, 0.1) is 0 Å². The van der Waals surface area contributed by atoms with Gasteiger partial charge in [0.15, 0.2) is 0 Å². The molecule has 1 aromatic carbocycles. The van der Waals surface area contributed by atoms with E-state index in [1.54, 1.807) is 0 Å². The number of hydrogen-bond donors (Lipinski definition) is 2. The van der Waals surface area contributed by atoms with E-state index in [1.807, 2.05) is 30.3 Å². The highest BCUT2D eigenvalue weighted by Gasteiger charge is 2.50. The Hall–Kier alpha value is -2.28. The summed E-state index contributed by atoms with van der Waals surface area (Å²) in [6.07, 6.45) is -0.745. The molecule has 1 saturated heterocycles. The molecule has 20 heavy (non-hydrogen) atoms. The predicted molar refractivity (Wildman–Crippen MR) is 68.3 cm³/mol. The molecule has 0 radical (unpaired) electrons. The van der Waals surface area contributed by atoms with Crippen LogP contribution in [-0.4, -0.2) is 24.7 Å². The number of nitrogens with one attached hydrogen (secondary N) is 1. The second-order valence-corrected chi connectivity index (χ2v) is 4.29. The van der Waals surface area contributed by atoms with Crippen molar-refractivity contribution in [1.82, 2.24) is 5.32 Å². The van der Waals surface area contributed by atoms with E-state index < -0.39 is 18.2 Å². The predicted octanol–water partition coefficient (Wildman–Crippen LogP) is 1.47. The molecule has 2 rings (SSSR count). The molecule has 1 amide bonds. The first-order valence-corrected chi connectivity index (χ1v) is 6.24. The van der Waals surface area contributed by atoms with Crippen LogP contribution in [0.2, 0.25) is 0 Å². The lowest BCUT2D eigenvalue weighted by Crippen LogP contribution is -2.62. The minimum absolute atomic E-state index is 0.119. The third-order valence-electron chi connectivity index (χ3n) is 2.71. The van der Waals surface area contributed by atoms with E-state index >= 15 is 0 Å². The zero-order chi connectivity index (χ0) is 14.4. The van der Waals surface area contributed by atoms with E-state index in [9.17, 15) is 9.59 Å². The van der Waals surface area contributed by atoms with Crippen molar-refractivity contribution in [2.24, 2.45) is 5.73 Å². The fraction of sp³-hybridized carbons (Fsp3) is 0.385. The average molecular weight is 280 g/mol. The van der Waals surface area contributed by atoms with Gasteiger partial charge in [0, 0.05) is 6.42 Å². The van der Waals surface area contributed by atoms with Gasteiger partial charge in [-0.15, -0.1) is 0 Å². The number of alkyl carbamates (subject to hydrolysis) is 1. The second kappa shape index (κ2) is 6.25. The summed E-state index contributed by atoms with van der Waals surface area (Å²) in [4.78, 5) is 22.4. The molecule has 1 fully saturated rings. The van der Waals surface area contributed by atoms with Crippen molar-refractivity contribution >= 4 is 12.2 Å².